The van der Waals surface area contributed by atoms with E-state index < -0.39 is 0 Å². The molecule has 29 heavy (non-hydrogen) atoms. The van der Waals surface area contributed by atoms with E-state index in [1.54, 1.807) is 0 Å². The van der Waals surface area contributed by atoms with Gasteiger partial charge in [-0.2, -0.15) is 0 Å². The Morgan fingerprint density at radius 3 is 2.62 bits per heavy atom. The number of hydrogen-bond acceptors (Lipinski definition) is 5. The summed E-state index contributed by atoms with van der Waals surface area (Å²) < 4.78 is 0. The molecule has 4 N–H and O–H groups in total. The van der Waals surface area contributed by atoms with Crippen molar-refractivity contribution in [3.05, 3.63) is 35.9 Å². The monoisotopic (exact) mass is 418 g/mol. The molecule has 3 rings (SSSR count). The van der Waals surface area contributed by atoms with Gasteiger partial charge in [-0.1, -0.05) is 43.2 Å². The summed E-state index contributed by atoms with van der Waals surface area (Å²) in [5.41, 5.74) is 0.822. The maximum atomic E-state index is 12.2. The lowest BCUT2D eigenvalue weighted by atomic mass is 10.1. The minimum Gasteiger partial charge on any atom is -0.356 e. The zero-order valence-corrected chi connectivity index (χ0v) is 17.4. The summed E-state index contributed by atoms with van der Waals surface area (Å²) in [4.78, 5) is 36.3. The van der Waals surface area contributed by atoms with Crippen molar-refractivity contribution in [2.75, 3.05) is 12.3 Å². The standard InChI is InChI=1S/C21H30N4O3S/c26-18(22-11-10-15-6-2-1-3-7-15)12-17-13-19(27)25-21(24-17)29-14-20(28)23-16-8-4-5-9-16/h1-3,6-7,16-17,21,24H,4-5,8-14H2,(H,22,26)(H,23,28)(H,25,27). The van der Waals surface area contributed by atoms with Crippen LogP contribution in [0.5, 0.6) is 0 Å². The van der Waals surface area contributed by atoms with Crippen LogP contribution in [-0.4, -0.2) is 47.6 Å². The summed E-state index contributed by atoms with van der Waals surface area (Å²) in [6, 6.07) is 10.1. The van der Waals surface area contributed by atoms with Gasteiger partial charge >= 0.3 is 0 Å². The van der Waals surface area contributed by atoms with Crippen LogP contribution in [0.4, 0.5) is 0 Å². The molecule has 8 heteroatoms. The smallest absolute Gasteiger partial charge is 0.230 e. The van der Waals surface area contributed by atoms with Gasteiger partial charge in [0.15, 0.2) is 0 Å². The molecule has 2 fully saturated rings. The average molecular weight is 419 g/mol. The van der Waals surface area contributed by atoms with E-state index in [1.807, 2.05) is 30.3 Å². The Morgan fingerprint density at radius 1 is 1.10 bits per heavy atom. The second-order valence-corrected chi connectivity index (χ2v) is 8.76. The fourth-order valence-corrected chi connectivity index (χ4v) is 4.65. The van der Waals surface area contributed by atoms with Crippen molar-refractivity contribution in [1.82, 2.24) is 21.3 Å². The van der Waals surface area contributed by atoms with Crippen LogP contribution in [0.2, 0.25) is 0 Å². The van der Waals surface area contributed by atoms with Crippen LogP contribution in [0, 0.1) is 0 Å². The quantitative estimate of drug-likeness (QED) is 0.484. The third-order valence-electron chi connectivity index (χ3n) is 5.22. The molecule has 1 aromatic rings. The maximum absolute atomic E-state index is 12.2. The molecule has 0 radical (unpaired) electrons. The van der Waals surface area contributed by atoms with Gasteiger partial charge in [-0.25, -0.2) is 0 Å². The number of amides is 3. The topological polar surface area (TPSA) is 99.3 Å². The Balaban J connectivity index is 1.35. The van der Waals surface area contributed by atoms with Crippen LogP contribution >= 0.6 is 11.8 Å². The third kappa shape index (κ3) is 7.70. The van der Waals surface area contributed by atoms with E-state index in [9.17, 15) is 14.4 Å². The van der Waals surface area contributed by atoms with Gasteiger partial charge in [-0.15, -0.1) is 11.8 Å². The van der Waals surface area contributed by atoms with Crippen LogP contribution in [0.3, 0.4) is 0 Å². The Labute approximate surface area is 176 Å². The Hall–Kier alpha value is -2.06. The van der Waals surface area contributed by atoms with E-state index in [2.05, 4.69) is 21.3 Å². The van der Waals surface area contributed by atoms with Gasteiger partial charge in [0.05, 0.1) is 5.75 Å². The summed E-state index contributed by atoms with van der Waals surface area (Å²) in [6.45, 7) is 0.571. The van der Waals surface area contributed by atoms with Gasteiger partial charge < -0.3 is 16.0 Å². The lowest BCUT2D eigenvalue weighted by Crippen LogP contribution is -2.56. The highest BCUT2D eigenvalue weighted by molar-refractivity contribution is 8.00. The largest absolute Gasteiger partial charge is 0.356 e. The number of thioether (sulfide) groups is 1. The highest BCUT2D eigenvalue weighted by atomic mass is 32.2. The first kappa shape index (κ1) is 21.6. The van der Waals surface area contributed by atoms with Crippen molar-refractivity contribution in [3.63, 3.8) is 0 Å². The van der Waals surface area contributed by atoms with Crippen LogP contribution in [0.25, 0.3) is 0 Å². The van der Waals surface area contributed by atoms with E-state index >= 15 is 0 Å². The third-order valence-corrected chi connectivity index (χ3v) is 6.24. The molecule has 7 nitrogen and oxygen atoms in total. The van der Waals surface area contributed by atoms with Crippen molar-refractivity contribution in [2.24, 2.45) is 0 Å². The molecule has 2 aliphatic rings. The van der Waals surface area contributed by atoms with E-state index in [0.29, 0.717) is 12.6 Å². The van der Waals surface area contributed by atoms with Crippen molar-refractivity contribution in [3.8, 4) is 0 Å². The maximum Gasteiger partial charge on any atom is 0.230 e. The lowest BCUT2D eigenvalue weighted by Gasteiger charge is -2.30. The summed E-state index contributed by atoms with van der Waals surface area (Å²) in [6.07, 6.45) is 5.73. The zero-order valence-electron chi connectivity index (χ0n) is 16.6. The first-order valence-electron chi connectivity index (χ1n) is 10.4. The van der Waals surface area contributed by atoms with Gasteiger partial charge in [0.25, 0.3) is 0 Å². The Kier molecular flexibility index (Phi) is 8.37. The van der Waals surface area contributed by atoms with Gasteiger partial charge in [-0.3, -0.25) is 19.7 Å². The fourth-order valence-electron chi connectivity index (χ4n) is 3.75. The lowest BCUT2D eigenvalue weighted by molar-refractivity contribution is -0.125. The van der Waals surface area contributed by atoms with Crippen molar-refractivity contribution in [2.45, 2.75) is 62.5 Å². The number of carbonyl (C=O) groups excluding carboxylic acids is 3. The van der Waals surface area contributed by atoms with E-state index in [0.717, 1.165) is 19.3 Å². The molecule has 3 amide bonds. The van der Waals surface area contributed by atoms with Gasteiger partial charge in [0.1, 0.15) is 5.50 Å². The highest BCUT2D eigenvalue weighted by Gasteiger charge is 2.28. The van der Waals surface area contributed by atoms with Crippen molar-refractivity contribution < 1.29 is 14.4 Å². The summed E-state index contributed by atoms with van der Waals surface area (Å²) >= 11 is 1.35. The fraction of sp³-hybridized carbons (Fsp3) is 0.571. The van der Waals surface area contributed by atoms with Gasteiger partial charge in [-0.05, 0) is 24.8 Å². The molecular formula is C21H30N4O3S. The highest BCUT2D eigenvalue weighted by Crippen LogP contribution is 2.18. The molecule has 0 bridgehead atoms. The molecule has 2 atom stereocenters. The van der Waals surface area contributed by atoms with Crippen LogP contribution in [0.15, 0.2) is 30.3 Å². The summed E-state index contributed by atoms with van der Waals surface area (Å²) in [5.74, 6) is 0.110. The molecular weight excluding hydrogens is 388 g/mol. The van der Waals surface area contributed by atoms with E-state index in [4.69, 9.17) is 0 Å². The molecule has 1 aliphatic heterocycles. The minimum atomic E-state index is -0.354. The van der Waals surface area contributed by atoms with Gasteiger partial charge in [0.2, 0.25) is 17.7 Å². The summed E-state index contributed by atoms with van der Waals surface area (Å²) in [5, 5.41) is 12.1. The zero-order chi connectivity index (χ0) is 20.5. The van der Waals surface area contributed by atoms with E-state index in [-0.39, 0.29) is 47.9 Å². The number of carbonyl (C=O) groups is 3. The molecule has 2 unspecified atom stereocenters. The average Bonchev–Trinajstić information content (AvgIpc) is 3.20. The number of hydrogen-bond donors (Lipinski definition) is 4. The van der Waals surface area contributed by atoms with Gasteiger partial charge in [0, 0.05) is 31.5 Å². The second-order valence-electron chi connectivity index (χ2n) is 7.66. The second kappa shape index (κ2) is 11.2. The number of nitrogens with one attached hydrogen (secondary N) is 4. The minimum absolute atomic E-state index is 0.00118. The van der Waals surface area contributed by atoms with E-state index in [1.165, 1.54) is 30.2 Å². The predicted molar refractivity (Wildman–Crippen MR) is 114 cm³/mol. The SMILES string of the molecule is O=C(CC1CC(=O)NC(SCC(=O)NC2CCCC2)N1)NCCc1ccccc1. The molecule has 1 aliphatic carbocycles. The molecule has 1 heterocycles. The molecule has 1 aromatic carbocycles. The molecule has 0 aromatic heterocycles. The number of benzene rings is 1. The molecule has 1 saturated heterocycles. The van der Waals surface area contributed by atoms with Crippen LogP contribution in [-0.2, 0) is 20.8 Å². The Morgan fingerprint density at radius 2 is 1.86 bits per heavy atom. The Bertz CT molecular complexity index is 694. The van der Waals surface area contributed by atoms with Crippen LogP contribution in [0.1, 0.15) is 44.1 Å². The van der Waals surface area contributed by atoms with Crippen molar-refractivity contribution >= 4 is 29.5 Å². The predicted octanol–water partition coefficient (Wildman–Crippen LogP) is 1.29. The first-order chi connectivity index (χ1) is 14.1. The molecule has 1 saturated carbocycles. The number of rotatable bonds is 9. The first-order valence-corrected chi connectivity index (χ1v) is 11.4. The van der Waals surface area contributed by atoms with Crippen LogP contribution < -0.4 is 21.3 Å². The normalized spacial score (nSPS) is 22.1. The summed E-state index contributed by atoms with van der Waals surface area (Å²) in [7, 11) is 0. The van der Waals surface area contributed by atoms with Crippen molar-refractivity contribution in [1.29, 1.82) is 0 Å². The molecule has 158 valence electrons. The molecule has 0 spiro atoms.